The zero-order valence-electron chi connectivity index (χ0n) is 10.8. The van der Waals surface area contributed by atoms with Crippen LogP contribution in [0.3, 0.4) is 0 Å². The van der Waals surface area contributed by atoms with E-state index in [2.05, 4.69) is 31.8 Å². The minimum Gasteiger partial charge on any atom is -0.266 e. The van der Waals surface area contributed by atoms with Crippen molar-refractivity contribution >= 4 is 5.71 Å². The Morgan fingerprint density at radius 1 is 1.00 bits per heavy atom. The second-order valence-electron chi connectivity index (χ2n) is 4.16. The van der Waals surface area contributed by atoms with Crippen LogP contribution < -0.4 is 0 Å². The first kappa shape index (κ1) is 14.4. The molecule has 0 N–H and O–H groups in total. The second-order valence-corrected chi connectivity index (χ2v) is 4.16. The predicted octanol–water partition coefficient (Wildman–Crippen LogP) is 5.12. The number of rotatable bonds is 9. The first-order valence-corrected chi connectivity index (χ1v) is 6.49. The Bertz CT molecular complexity index is 180. The summed E-state index contributed by atoms with van der Waals surface area (Å²) in [6, 6.07) is 0. The van der Waals surface area contributed by atoms with E-state index in [4.69, 9.17) is 0 Å². The molecule has 0 aliphatic carbocycles. The van der Waals surface area contributed by atoms with E-state index in [-0.39, 0.29) is 0 Å². The Morgan fingerprint density at radius 2 is 1.67 bits per heavy atom. The number of unbranched alkanes of at least 4 members (excludes halogenated alkanes) is 6. The highest BCUT2D eigenvalue weighted by Crippen LogP contribution is 2.07. The molecule has 0 aromatic heterocycles. The summed E-state index contributed by atoms with van der Waals surface area (Å²) in [6.45, 7) is 6.48. The zero-order valence-corrected chi connectivity index (χ0v) is 10.8. The molecule has 0 fully saturated rings. The van der Waals surface area contributed by atoms with Gasteiger partial charge in [0.25, 0.3) is 0 Å². The van der Waals surface area contributed by atoms with Crippen LogP contribution in [-0.4, -0.2) is 5.71 Å². The smallest absolute Gasteiger partial charge is 0.0227 e. The number of allylic oxidation sites excluding steroid dienone is 1. The molecule has 0 amide bonds. The summed E-state index contributed by atoms with van der Waals surface area (Å²) in [4.78, 5) is 4.33. The van der Waals surface area contributed by atoms with Crippen LogP contribution in [0.5, 0.6) is 0 Å². The van der Waals surface area contributed by atoms with Crippen LogP contribution in [0, 0.1) is 0 Å². The van der Waals surface area contributed by atoms with Gasteiger partial charge in [-0.3, -0.25) is 4.99 Å². The monoisotopic (exact) mass is 209 g/mol. The van der Waals surface area contributed by atoms with Gasteiger partial charge >= 0.3 is 0 Å². The lowest BCUT2D eigenvalue weighted by molar-refractivity contribution is 0.611. The van der Waals surface area contributed by atoms with Gasteiger partial charge in [0, 0.05) is 11.9 Å². The Labute approximate surface area is 95.7 Å². The van der Waals surface area contributed by atoms with Gasteiger partial charge < -0.3 is 0 Å². The highest BCUT2D eigenvalue weighted by molar-refractivity contribution is 5.82. The molecule has 15 heavy (non-hydrogen) atoms. The van der Waals surface area contributed by atoms with Gasteiger partial charge in [-0.25, -0.2) is 0 Å². The molecule has 0 aliphatic heterocycles. The van der Waals surface area contributed by atoms with Gasteiger partial charge in [-0.15, -0.1) is 0 Å². The molecule has 0 aromatic carbocycles. The lowest BCUT2D eigenvalue weighted by atomic mass is 10.1. The molecule has 0 atom stereocenters. The molecule has 0 radical (unpaired) electrons. The van der Waals surface area contributed by atoms with Crippen molar-refractivity contribution < 1.29 is 0 Å². The first-order chi connectivity index (χ1) is 7.31. The molecule has 0 spiro atoms. The molecule has 1 heteroatoms. The van der Waals surface area contributed by atoms with Crippen molar-refractivity contribution in [3.05, 3.63) is 12.3 Å². The van der Waals surface area contributed by atoms with E-state index in [1.165, 1.54) is 50.7 Å². The zero-order chi connectivity index (χ0) is 11.4. The molecule has 1 nitrogen and oxygen atoms in total. The number of aliphatic imine (C=N–C) groups is 1. The van der Waals surface area contributed by atoms with E-state index in [0.717, 1.165) is 6.42 Å². The number of nitrogens with zero attached hydrogens (tertiary/aromatic N) is 1. The fourth-order valence-electron chi connectivity index (χ4n) is 1.39. The number of hydrogen-bond donors (Lipinski definition) is 0. The third-order valence-corrected chi connectivity index (χ3v) is 2.64. The number of hydrogen-bond acceptors (Lipinski definition) is 1. The third-order valence-electron chi connectivity index (χ3n) is 2.64. The van der Waals surface area contributed by atoms with Crippen LogP contribution in [0.2, 0.25) is 0 Å². The highest BCUT2D eigenvalue weighted by Gasteiger charge is 1.87. The molecule has 0 saturated heterocycles. The maximum Gasteiger partial charge on any atom is 0.0227 e. The minimum absolute atomic E-state index is 1.06. The lowest BCUT2D eigenvalue weighted by Crippen LogP contribution is -1.83. The molecule has 0 rings (SSSR count). The summed E-state index contributed by atoms with van der Waals surface area (Å²) < 4.78 is 0. The fraction of sp³-hybridized carbons (Fsp3) is 0.786. The molecule has 88 valence electrons. The topological polar surface area (TPSA) is 12.4 Å². The Balaban J connectivity index is 3.23. The van der Waals surface area contributed by atoms with Crippen LogP contribution >= 0.6 is 0 Å². The van der Waals surface area contributed by atoms with Crippen LogP contribution in [0.4, 0.5) is 0 Å². The Morgan fingerprint density at radius 3 is 2.33 bits per heavy atom. The standard InChI is InChI=1S/C14H27N/c1-4-6-7-8-9-10-11-12-13-15-14(3)5-2/h12-13H,4-11H2,1-3H3. The van der Waals surface area contributed by atoms with Crippen molar-refractivity contribution in [3.63, 3.8) is 0 Å². The molecule has 0 saturated carbocycles. The van der Waals surface area contributed by atoms with E-state index in [1.807, 2.05) is 6.20 Å². The average Bonchev–Trinajstić information content (AvgIpc) is 2.26. The second kappa shape index (κ2) is 11.5. The van der Waals surface area contributed by atoms with E-state index < -0.39 is 0 Å². The van der Waals surface area contributed by atoms with Gasteiger partial charge in [0.2, 0.25) is 0 Å². The summed E-state index contributed by atoms with van der Waals surface area (Å²) in [5.41, 5.74) is 1.22. The van der Waals surface area contributed by atoms with Crippen LogP contribution in [0.1, 0.15) is 72.1 Å². The summed E-state index contributed by atoms with van der Waals surface area (Å²) in [6.07, 6.45) is 14.6. The van der Waals surface area contributed by atoms with Gasteiger partial charge in [0.1, 0.15) is 0 Å². The molecular weight excluding hydrogens is 182 g/mol. The van der Waals surface area contributed by atoms with Crippen LogP contribution in [0.25, 0.3) is 0 Å². The van der Waals surface area contributed by atoms with Crippen molar-refractivity contribution in [3.8, 4) is 0 Å². The average molecular weight is 209 g/mol. The molecule has 0 heterocycles. The largest absolute Gasteiger partial charge is 0.266 e. The summed E-state index contributed by atoms with van der Waals surface area (Å²) in [7, 11) is 0. The maximum absolute atomic E-state index is 4.33. The van der Waals surface area contributed by atoms with Gasteiger partial charge in [0.15, 0.2) is 0 Å². The lowest BCUT2D eigenvalue weighted by Gasteiger charge is -1.97. The van der Waals surface area contributed by atoms with Gasteiger partial charge in [-0.05, 0) is 26.2 Å². The van der Waals surface area contributed by atoms with Crippen LogP contribution in [-0.2, 0) is 0 Å². The molecule has 0 bridgehead atoms. The Hall–Kier alpha value is -0.590. The van der Waals surface area contributed by atoms with Crippen molar-refractivity contribution in [2.75, 3.05) is 0 Å². The summed E-state index contributed by atoms with van der Waals surface area (Å²) in [5.74, 6) is 0. The summed E-state index contributed by atoms with van der Waals surface area (Å²) >= 11 is 0. The molecular formula is C14H27N. The van der Waals surface area contributed by atoms with Crippen molar-refractivity contribution in [2.45, 2.75) is 72.1 Å². The quantitative estimate of drug-likeness (QED) is 0.369. The van der Waals surface area contributed by atoms with Crippen molar-refractivity contribution in [1.29, 1.82) is 0 Å². The van der Waals surface area contributed by atoms with Crippen molar-refractivity contribution in [1.82, 2.24) is 0 Å². The van der Waals surface area contributed by atoms with Crippen LogP contribution in [0.15, 0.2) is 17.3 Å². The molecule has 0 unspecified atom stereocenters. The molecule has 0 aliphatic rings. The SMILES string of the molecule is CCCCCCCCC=CN=C(C)CC. The summed E-state index contributed by atoms with van der Waals surface area (Å²) in [5, 5.41) is 0. The Kier molecular flexibility index (Phi) is 11.0. The normalized spacial score (nSPS) is 12.6. The van der Waals surface area contributed by atoms with E-state index >= 15 is 0 Å². The predicted molar refractivity (Wildman–Crippen MR) is 70.5 cm³/mol. The third kappa shape index (κ3) is 11.3. The fourth-order valence-corrected chi connectivity index (χ4v) is 1.39. The van der Waals surface area contributed by atoms with E-state index in [0.29, 0.717) is 0 Å². The first-order valence-electron chi connectivity index (χ1n) is 6.49. The van der Waals surface area contributed by atoms with E-state index in [9.17, 15) is 0 Å². The maximum atomic E-state index is 4.33. The van der Waals surface area contributed by atoms with Gasteiger partial charge in [-0.1, -0.05) is 52.0 Å². The van der Waals surface area contributed by atoms with E-state index in [1.54, 1.807) is 0 Å². The molecule has 0 aromatic rings. The minimum atomic E-state index is 1.06. The van der Waals surface area contributed by atoms with Crippen molar-refractivity contribution in [2.24, 2.45) is 4.99 Å². The van der Waals surface area contributed by atoms with Gasteiger partial charge in [-0.2, -0.15) is 0 Å². The highest BCUT2D eigenvalue weighted by atomic mass is 14.7. The van der Waals surface area contributed by atoms with Gasteiger partial charge in [0.05, 0.1) is 0 Å².